The molecule has 1 N–H and O–H groups in total. The average molecular weight is 240 g/mol. The molecule has 0 aliphatic carbocycles. The highest BCUT2D eigenvalue weighted by molar-refractivity contribution is 5.89. The molecule has 2 aliphatic rings. The predicted molar refractivity (Wildman–Crippen MR) is 62.3 cm³/mol. The summed E-state index contributed by atoms with van der Waals surface area (Å²) < 4.78 is 5.53. The molecule has 2 saturated heterocycles. The molecule has 5 nitrogen and oxygen atoms in total. The van der Waals surface area contributed by atoms with E-state index in [1.165, 1.54) is 0 Å². The smallest absolute Gasteiger partial charge is 0.225 e. The van der Waals surface area contributed by atoms with Gasteiger partial charge in [0.2, 0.25) is 11.8 Å². The monoisotopic (exact) mass is 240 g/mol. The molecule has 17 heavy (non-hydrogen) atoms. The molecule has 0 unspecified atom stereocenters. The Labute approximate surface area is 101 Å². The molecule has 2 rings (SSSR count). The first-order valence-corrected chi connectivity index (χ1v) is 6.24. The number of nitrogens with zero attached hydrogens (tertiary/aromatic N) is 1. The maximum Gasteiger partial charge on any atom is 0.225 e. The van der Waals surface area contributed by atoms with E-state index in [1.54, 1.807) is 11.9 Å². The lowest BCUT2D eigenvalue weighted by molar-refractivity contribution is -0.128. The molecular formula is C12H20N2O3. The summed E-state index contributed by atoms with van der Waals surface area (Å²) in [6.45, 7) is 3.28. The lowest BCUT2D eigenvalue weighted by Crippen LogP contribution is -2.44. The Morgan fingerprint density at radius 3 is 2.88 bits per heavy atom. The quantitative estimate of drug-likeness (QED) is 0.764. The zero-order chi connectivity index (χ0) is 12.4. The Bertz CT molecular complexity index is 313. The van der Waals surface area contributed by atoms with Crippen LogP contribution in [0.5, 0.6) is 0 Å². The van der Waals surface area contributed by atoms with Crippen LogP contribution in [-0.2, 0) is 14.3 Å². The molecule has 0 aromatic carbocycles. The van der Waals surface area contributed by atoms with Crippen LogP contribution in [0.2, 0.25) is 0 Å². The molecule has 0 aromatic rings. The van der Waals surface area contributed by atoms with Gasteiger partial charge < -0.3 is 15.0 Å². The van der Waals surface area contributed by atoms with Crippen LogP contribution in [0.4, 0.5) is 0 Å². The minimum absolute atomic E-state index is 0.0225. The largest absolute Gasteiger partial charge is 0.376 e. The first-order valence-electron chi connectivity index (χ1n) is 6.24. The van der Waals surface area contributed by atoms with Crippen molar-refractivity contribution in [1.82, 2.24) is 10.2 Å². The topological polar surface area (TPSA) is 58.6 Å². The molecule has 2 fully saturated rings. The summed E-state index contributed by atoms with van der Waals surface area (Å²) >= 11 is 0. The molecule has 2 aliphatic heterocycles. The lowest BCUT2D eigenvalue weighted by atomic mass is 10.1. The van der Waals surface area contributed by atoms with Gasteiger partial charge in [-0.2, -0.15) is 0 Å². The first kappa shape index (κ1) is 12.4. The van der Waals surface area contributed by atoms with Crippen LogP contribution >= 0.6 is 0 Å². The van der Waals surface area contributed by atoms with Crippen LogP contribution in [0.15, 0.2) is 0 Å². The second-order valence-corrected chi connectivity index (χ2v) is 5.02. The Hall–Kier alpha value is -1.10. The van der Waals surface area contributed by atoms with Gasteiger partial charge >= 0.3 is 0 Å². The van der Waals surface area contributed by atoms with Crippen molar-refractivity contribution < 1.29 is 14.3 Å². The second kappa shape index (κ2) is 5.04. The lowest BCUT2D eigenvalue weighted by Gasteiger charge is -2.21. The number of amides is 2. The summed E-state index contributed by atoms with van der Waals surface area (Å²) in [6, 6.07) is 0.0333. The van der Waals surface area contributed by atoms with Gasteiger partial charge in [-0.15, -0.1) is 0 Å². The van der Waals surface area contributed by atoms with E-state index >= 15 is 0 Å². The van der Waals surface area contributed by atoms with Gasteiger partial charge in [0.05, 0.1) is 18.1 Å². The molecule has 0 bridgehead atoms. The van der Waals surface area contributed by atoms with Gasteiger partial charge in [-0.25, -0.2) is 0 Å². The third kappa shape index (κ3) is 2.77. The molecule has 0 spiro atoms. The minimum Gasteiger partial charge on any atom is -0.376 e. The number of nitrogens with one attached hydrogen (secondary N) is 1. The van der Waals surface area contributed by atoms with Gasteiger partial charge in [-0.1, -0.05) is 0 Å². The fraction of sp³-hybridized carbons (Fsp3) is 0.833. The van der Waals surface area contributed by atoms with Crippen LogP contribution in [-0.4, -0.2) is 49.1 Å². The average Bonchev–Trinajstić information content (AvgIpc) is 2.89. The molecule has 5 heteroatoms. The zero-order valence-corrected chi connectivity index (χ0v) is 10.4. The summed E-state index contributed by atoms with van der Waals surface area (Å²) in [6.07, 6.45) is 2.54. The van der Waals surface area contributed by atoms with E-state index in [4.69, 9.17) is 4.74 Å². The van der Waals surface area contributed by atoms with Crippen LogP contribution in [0.1, 0.15) is 26.2 Å². The van der Waals surface area contributed by atoms with Crippen LogP contribution in [0.3, 0.4) is 0 Å². The fourth-order valence-corrected chi connectivity index (χ4v) is 2.47. The number of hydrogen-bond acceptors (Lipinski definition) is 3. The van der Waals surface area contributed by atoms with E-state index in [0.717, 1.165) is 19.4 Å². The summed E-state index contributed by atoms with van der Waals surface area (Å²) in [7, 11) is 1.74. The Morgan fingerprint density at radius 1 is 1.59 bits per heavy atom. The van der Waals surface area contributed by atoms with Crippen molar-refractivity contribution in [2.45, 2.75) is 38.3 Å². The maximum atomic E-state index is 12.0. The number of carbonyl (C=O) groups excluding carboxylic acids is 2. The summed E-state index contributed by atoms with van der Waals surface area (Å²) in [5.74, 6) is -0.169. The van der Waals surface area contributed by atoms with E-state index in [-0.39, 0.29) is 29.9 Å². The van der Waals surface area contributed by atoms with Gasteiger partial charge in [0, 0.05) is 26.6 Å². The maximum absolute atomic E-state index is 12.0. The Balaban J connectivity index is 1.82. The van der Waals surface area contributed by atoms with Crippen LogP contribution in [0.25, 0.3) is 0 Å². The molecule has 3 atom stereocenters. The molecule has 2 amide bonds. The van der Waals surface area contributed by atoms with Gasteiger partial charge in [0.15, 0.2) is 0 Å². The van der Waals surface area contributed by atoms with E-state index < -0.39 is 0 Å². The van der Waals surface area contributed by atoms with Crippen molar-refractivity contribution in [2.24, 2.45) is 5.92 Å². The first-order chi connectivity index (χ1) is 8.08. The van der Waals surface area contributed by atoms with Crippen LogP contribution < -0.4 is 5.32 Å². The van der Waals surface area contributed by atoms with Gasteiger partial charge in [-0.3, -0.25) is 9.59 Å². The summed E-state index contributed by atoms with van der Waals surface area (Å²) in [5, 5.41) is 2.96. The van der Waals surface area contributed by atoms with Crippen molar-refractivity contribution in [1.29, 1.82) is 0 Å². The number of ether oxygens (including phenoxy) is 1. The van der Waals surface area contributed by atoms with Crippen LogP contribution in [0, 0.1) is 5.92 Å². The van der Waals surface area contributed by atoms with Crippen molar-refractivity contribution in [3.63, 3.8) is 0 Å². The normalized spacial score (nSPS) is 30.7. The molecule has 0 saturated carbocycles. The molecule has 96 valence electrons. The molecular weight excluding hydrogens is 220 g/mol. The third-order valence-corrected chi connectivity index (χ3v) is 3.60. The van der Waals surface area contributed by atoms with E-state index in [0.29, 0.717) is 13.0 Å². The number of rotatable bonds is 3. The van der Waals surface area contributed by atoms with Gasteiger partial charge in [0.25, 0.3) is 0 Å². The highest BCUT2D eigenvalue weighted by atomic mass is 16.5. The molecule has 2 heterocycles. The van der Waals surface area contributed by atoms with Gasteiger partial charge in [0.1, 0.15) is 0 Å². The molecule has 0 radical (unpaired) electrons. The Morgan fingerprint density at radius 2 is 2.35 bits per heavy atom. The highest BCUT2D eigenvalue weighted by Crippen LogP contribution is 2.18. The molecule has 0 aromatic heterocycles. The Kier molecular flexibility index (Phi) is 3.66. The SMILES string of the molecule is C[C@H](NC(=O)[C@@H]1CC(=O)N(C)C1)[C@H]1CCCO1. The fourth-order valence-electron chi connectivity index (χ4n) is 2.47. The summed E-state index contributed by atoms with van der Waals surface area (Å²) in [5.41, 5.74) is 0. The van der Waals surface area contributed by atoms with E-state index in [1.807, 2.05) is 6.92 Å². The number of likely N-dealkylation sites (tertiary alicyclic amines) is 1. The minimum atomic E-state index is -0.198. The van der Waals surface area contributed by atoms with E-state index in [2.05, 4.69) is 5.32 Å². The van der Waals surface area contributed by atoms with E-state index in [9.17, 15) is 9.59 Å². The standard InChI is InChI=1S/C12H20N2O3/c1-8(10-4-3-5-17-10)13-12(16)9-6-11(15)14(2)7-9/h8-10H,3-7H2,1-2H3,(H,13,16)/t8-,9+,10+/m0/s1. The van der Waals surface area contributed by atoms with Crippen molar-refractivity contribution >= 4 is 11.8 Å². The number of carbonyl (C=O) groups is 2. The zero-order valence-electron chi connectivity index (χ0n) is 10.4. The second-order valence-electron chi connectivity index (χ2n) is 5.02. The van der Waals surface area contributed by atoms with Crippen molar-refractivity contribution in [3.8, 4) is 0 Å². The summed E-state index contributed by atoms with van der Waals surface area (Å²) in [4.78, 5) is 24.9. The number of hydrogen-bond donors (Lipinski definition) is 1. The van der Waals surface area contributed by atoms with Crippen molar-refractivity contribution in [3.05, 3.63) is 0 Å². The van der Waals surface area contributed by atoms with Crippen molar-refractivity contribution in [2.75, 3.05) is 20.2 Å². The predicted octanol–water partition coefficient (Wildman–Crippen LogP) is 0.148. The highest BCUT2D eigenvalue weighted by Gasteiger charge is 2.33. The van der Waals surface area contributed by atoms with Gasteiger partial charge in [-0.05, 0) is 19.8 Å². The third-order valence-electron chi connectivity index (χ3n) is 3.60.